The van der Waals surface area contributed by atoms with Gasteiger partial charge in [0.25, 0.3) is 0 Å². The van der Waals surface area contributed by atoms with E-state index in [1.165, 1.54) is 18.2 Å². The highest BCUT2D eigenvalue weighted by atomic mass is 16.5. The molecule has 3 rings (SSSR count). The highest BCUT2D eigenvalue weighted by Gasteiger charge is 2.23. The zero-order valence-electron chi connectivity index (χ0n) is 18.1. The Kier molecular flexibility index (Phi) is 7.22. The number of hydrogen-bond donors (Lipinski definition) is 1. The number of carbonyl (C=O) groups excluding carboxylic acids is 1. The van der Waals surface area contributed by atoms with E-state index in [4.69, 9.17) is 4.74 Å². The first-order valence-electron chi connectivity index (χ1n) is 10.4. The fourth-order valence-corrected chi connectivity index (χ4v) is 3.85. The van der Waals surface area contributed by atoms with Crippen LogP contribution < -0.4 is 5.32 Å². The van der Waals surface area contributed by atoms with Crippen LogP contribution in [0.3, 0.4) is 0 Å². The second-order valence-corrected chi connectivity index (χ2v) is 7.55. The van der Waals surface area contributed by atoms with Crippen molar-refractivity contribution >= 4 is 17.3 Å². The maximum absolute atomic E-state index is 11.4. The Labute approximate surface area is 178 Å². The van der Waals surface area contributed by atoms with Gasteiger partial charge in [-0.1, -0.05) is 51.0 Å². The molecule has 1 unspecified atom stereocenters. The summed E-state index contributed by atoms with van der Waals surface area (Å²) in [5.41, 5.74) is 5.38. The lowest BCUT2D eigenvalue weighted by Crippen LogP contribution is -2.20. The van der Waals surface area contributed by atoms with E-state index in [2.05, 4.69) is 54.4 Å². The summed E-state index contributed by atoms with van der Waals surface area (Å²) < 4.78 is 6.69. The Morgan fingerprint density at radius 2 is 1.87 bits per heavy atom. The van der Waals surface area contributed by atoms with Crippen LogP contribution >= 0.6 is 0 Å². The first kappa shape index (κ1) is 21.6. The maximum atomic E-state index is 11.4. The number of hydrogen-bond acceptors (Lipinski definition) is 5. The lowest BCUT2D eigenvalue weighted by molar-refractivity contribution is -0.139. The van der Waals surface area contributed by atoms with Gasteiger partial charge >= 0.3 is 5.97 Å². The first-order valence-corrected chi connectivity index (χ1v) is 10.4. The molecule has 0 spiro atoms. The van der Waals surface area contributed by atoms with Crippen molar-refractivity contribution in [3.05, 3.63) is 71.8 Å². The zero-order chi connectivity index (χ0) is 21.5. The van der Waals surface area contributed by atoms with E-state index in [0.717, 1.165) is 29.8 Å². The van der Waals surface area contributed by atoms with Crippen molar-refractivity contribution in [1.82, 2.24) is 14.8 Å². The van der Waals surface area contributed by atoms with Gasteiger partial charge in [-0.05, 0) is 47.7 Å². The van der Waals surface area contributed by atoms with Gasteiger partial charge < -0.3 is 10.1 Å². The van der Waals surface area contributed by atoms with E-state index in [1.807, 2.05) is 28.9 Å². The molecular formula is C24H30N4O2. The third-order valence-corrected chi connectivity index (χ3v) is 5.62. The molecule has 30 heavy (non-hydrogen) atoms. The van der Waals surface area contributed by atoms with E-state index in [0.29, 0.717) is 5.92 Å². The number of ether oxygens (including phenoxy) is 1. The van der Waals surface area contributed by atoms with Crippen molar-refractivity contribution in [3.8, 4) is 0 Å². The molecule has 3 aromatic rings. The summed E-state index contributed by atoms with van der Waals surface area (Å²) in [4.78, 5) is 15.6. The molecule has 0 bridgehead atoms. The van der Waals surface area contributed by atoms with Gasteiger partial charge in [-0.15, -0.1) is 0 Å². The van der Waals surface area contributed by atoms with Crippen molar-refractivity contribution in [3.63, 3.8) is 0 Å². The lowest BCUT2D eigenvalue weighted by atomic mass is 9.88. The van der Waals surface area contributed by atoms with Crippen LogP contribution in [0.25, 0.3) is 0 Å². The third kappa shape index (κ3) is 5.06. The largest absolute Gasteiger partial charge is 0.469 e. The van der Waals surface area contributed by atoms with Gasteiger partial charge in [-0.25, -0.2) is 9.67 Å². The Morgan fingerprint density at radius 3 is 2.43 bits per heavy atom. The minimum Gasteiger partial charge on any atom is -0.469 e. The monoisotopic (exact) mass is 406 g/mol. The predicted octanol–water partition coefficient (Wildman–Crippen LogP) is 5.07. The van der Waals surface area contributed by atoms with Crippen molar-refractivity contribution in [2.75, 3.05) is 12.4 Å². The standard InChI is InChI=1S/C24H30N4O2/c1-5-19(6-2)24(28-16-25-15-26-28)20-9-12-22(17(3)13-20)27-21-10-7-18(8-11-21)14-23(29)30-4/h7-13,15-16,19,24,27H,5-6,14H2,1-4H3. The van der Waals surface area contributed by atoms with Gasteiger partial charge in [0.2, 0.25) is 0 Å². The number of aromatic nitrogens is 3. The Balaban J connectivity index is 1.79. The SMILES string of the molecule is CCC(CC)C(c1ccc(Nc2ccc(CC(=O)OC)cc2)c(C)c1)n1cncn1. The molecule has 1 atom stereocenters. The summed E-state index contributed by atoms with van der Waals surface area (Å²) >= 11 is 0. The second-order valence-electron chi connectivity index (χ2n) is 7.55. The minimum atomic E-state index is -0.235. The van der Waals surface area contributed by atoms with Crippen LogP contribution in [0, 0.1) is 12.8 Å². The molecule has 0 fully saturated rings. The average molecular weight is 407 g/mol. The van der Waals surface area contributed by atoms with Crippen LogP contribution in [0.2, 0.25) is 0 Å². The average Bonchev–Trinajstić information content (AvgIpc) is 3.29. The fourth-order valence-electron chi connectivity index (χ4n) is 3.85. The molecule has 1 heterocycles. The van der Waals surface area contributed by atoms with Gasteiger partial charge in [0.05, 0.1) is 19.6 Å². The number of aryl methyl sites for hydroxylation is 1. The highest BCUT2D eigenvalue weighted by Crippen LogP contribution is 2.33. The number of nitrogens with zero attached hydrogens (tertiary/aromatic N) is 3. The molecule has 158 valence electrons. The molecule has 2 aromatic carbocycles. The van der Waals surface area contributed by atoms with E-state index < -0.39 is 0 Å². The molecule has 0 saturated carbocycles. The van der Waals surface area contributed by atoms with Gasteiger partial charge in [-0.3, -0.25) is 4.79 Å². The maximum Gasteiger partial charge on any atom is 0.309 e. The molecule has 0 aliphatic carbocycles. The lowest BCUT2D eigenvalue weighted by Gasteiger charge is -2.26. The van der Waals surface area contributed by atoms with E-state index in [9.17, 15) is 4.79 Å². The Bertz CT molecular complexity index is 948. The van der Waals surface area contributed by atoms with Crippen LogP contribution in [-0.4, -0.2) is 27.8 Å². The van der Waals surface area contributed by atoms with E-state index >= 15 is 0 Å². The molecular weight excluding hydrogens is 376 g/mol. The molecule has 0 amide bonds. The molecule has 0 saturated heterocycles. The Hall–Kier alpha value is -3.15. The highest BCUT2D eigenvalue weighted by molar-refractivity contribution is 5.73. The minimum absolute atomic E-state index is 0.174. The van der Waals surface area contributed by atoms with Crippen molar-refractivity contribution in [1.29, 1.82) is 0 Å². The number of nitrogens with one attached hydrogen (secondary N) is 1. The quantitative estimate of drug-likeness (QED) is 0.502. The number of anilines is 2. The second kappa shape index (κ2) is 10.1. The molecule has 6 nitrogen and oxygen atoms in total. The van der Waals surface area contributed by atoms with Crippen LogP contribution in [0.1, 0.15) is 49.4 Å². The van der Waals surface area contributed by atoms with E-state index in [1.54, 1.807) is 12.7 Å². The topological polar surface area (TPSA) is 69.0 Å². The normalized spacial score (nSPS) is 12.0. The van der Waals surface area contributed by atoms with Gasteiger partial charge in [0, 0.05) is 11.4 Å². The number of esters is 1. The van der Waals surface area contributed by atoms with Crippen molar-refractivity contribution in [2.45, 2.75) is 46.1 Å². The smallest absolute Gasteiger partial charge is 0.309 e. The van der Waals surface area contributed by atoms with Crippen LogP contribution in [0.5, 0.6) is 0 Å². The molecule has 0 aliphatic rings. The molecule has 0 aliphatic heterocycles. The van der Waals surface area contributed by atoms with Crippen molar-refractivity contribution < 1.29 is 9.53 Å². The summed E-state index contributed by atoms with van der Waals surface area (Å²) in [5, 5.41) is 7.90. The van der Waals surface area contributed by atoms with Gasteiger partial charge in [0.15, 0.2) is 0 Å². The fraction of sp³-hybridized carbons (Fsp3) is 0.375. The Morgan fingerprint density at radius 1 is 1.13 bits per heavy atom. The summed E-state index contributed by atoms with van der Waals surface area (Å²) in [6, 6.07) is 14.5. The summed E-state index contributed by atoms with van der Waals surface area (Å²) in [6.07, 6.45) is 5.85. The number of benzene rings is 2. The van der Waals surface area contributed by atoms with Crippen LogP contribution in [-0.2, 0) is 16.0 Å². The number of rotatable bonds is 9. The van der Waals surface area contributed by atoms with Gasteiger partial charge in [0.1, 0.15) is 12.7 Å². The predicted molar refractivity (Wildman–Crippen MR) is 119 cm³/mol. The molecule has 1 aromatic heterocycles. The van der Waals surface area contributed by atoms with E-state index in [-0.39, 0.29) is 18.4 Å². The third-order valence-electron chi connectivity index (χ3n) is 5.62. The van der Waals surface area contributed by atoms with Gasteiger partial charge in [-0.2, -0.15) is 5.10 Å². The molecule has 6 heteroatoms. The van der Waals surface area contributed by atoms with Crippen molar-refractivity contribution in [2.24, 2.45) is 5.92 Å². The zero-order valence-corrected chi connectivity index (χ0v) is 18.1. The summed E-state index contributed by atoms with van der Waals surface area (Å²) in [5.74, 6) is 0.258. The first-order chi connectivity index (χ1) is 14.5. The molecule has 0 radical (unpaired) electrons. The summed E-state index contributed by atoms with van der Waals surface area (Å²) in [6.45, 7) is 6.57. The van der Waals surface area contributed by atoms with Crippen LogP contribution in [0.15, 0.2) is 55.1 Å². The van der Waals surface area contributed by atoms with Crippen LogP contribution in [0.4, 0.5) is 11.4 Å². The number of methoxy groups -OCH3 is 1. The number of carbonyl (C=O) groups is 1. The molecule has 1 N–H and O–H groups in total. The summed E-state index contributed by atoms with van der Waals surface area (Å²) in [7, 11) is 1.40.